The van der Waals surface area contributed by atoms with Gasteiger partial charge in [0.2, 0.25) is 0 Å². The summed E-state index contributed by atoms with van der Waals surface area (Å²) in [6, 6.07) is 5.88. The van der Waals surface area contributed by atoms with E-state index in [4.69, 9.17) is 0 Å². The van der Waals surface area contributed by atoms with Crippen molar-refractivity contribution in [2.24, 2.45) is 5.92 Å². The lowest BCUT2D eigenvalue weighted by Gasteiger charge is -2.08. The Bertz CT molecular complexity index is 427. The topological polar surface area (TPSA) is 34.1 Å². The zero-order valence-corrected chi connectivity index (χ0v) is 9.59. The Morgan fingerprint density at radius 3 is 2.50 bits per heavy atom. The van der Waals surface area contributed by atoms with Gasteiger partial charge in [0, 0.05) is 5.75 Å². The van der Waals surface area contributed by atoms with E-state index in [1.807, 2.05) is 0 Å². The van der Waals surface area contributed by atoms with Gasteiger partial charge in [-0.15, -0.1) is 11.8 Å². The van der Waals surface area contributed by atoms with E-state index in [2.05, 4.69) is 0 Å². The summed E-state index contributed by atoms with van der Waals surface area (Å²) in [7, 11) is 0. The fourth-order valence-corrected chi connectivity index (χ4v) is 3.22. The first-order valence-electron chi connectivity index (χ1n) is 5.01. The van der Waals surface area contributed by atoms with Gasteiger partial charge in [-0.1, -0.05) is 12.1 Å². The molecule has 1 aliphatic heterocycles. The number of carbonyl (C=O) groups excluding carboxylic acids is 2. The summed E-state index contributed by atoms with van der Waals surface area (Å²) in [6.45, 7) is 1.44. The van der Waals surface area contributed by atoms with E-state index in [0.717, 1.165) is 5.56 Å². The van der Waals surface area contributed by atoms with Crippen molar-refractivity contribution in [3.63, 3.8) is 0 Å². The maximum absolute atomic E-state index is 12.7. The zero-order chi connectivity index (χ0) is 11.7. The largest absolute Gasteiger partial charge is 0.299 e. The molecule has 84 valence electrons. The first-order chi connectivity index (χ1) is 7.59. The van der Waals surface area contributed by atoms with Gasteiger partial charge in [-0.25, -0.2) is 4.39 Å². The lowest BCUT2D eigenvalue weighted by molar-refractivity contribution is -0.129. The Morgan fingerprint density at radius 2 is 2.00 bits per heavy atom. The highest BCUT2D eigenvalue weighted by atomic mass is 32.2. The molecule has 2 atom stereocenters. The second-order valence-electron chi connectivity index (χ2n) is 3.83. The summed E-state index contributed by atoms with van der Waals surface area (Å²) >= 11 is 1.45. The van der Waals surface area contributed by atoms with Gasteiger partial charge in [-0.05, 0) is 24.6 Å². The van der Waals surface area contributed by atoms with Crippen LogP contribution in [0.4, 0.5) is 4.39 Å². The maximum atomic E-state index is 12.7. The molecule has 1 heterocycles. The third-order valence-corrected chi connectivity index (χ3v) is 4.06. The van der Waals surface area contributed by atoms with Crippen molar-refractivity contribution >= 4 is 23.3 Å². The highest BCUT2D eigenvalue weighted by molar-refractivity contribution is 8.00. The number of thioether (sulfide) groups is 1. The number of benzene rings is 1. The molecular formula is C12H11FO2S. The average Bonchev–Trinajstić information content (AvgIpc) is 2.61. The molecule has 1 saturated heterocycles. The maximum Gasteiger partial charge on any atom is 0.161 e. The molecule has 16 heavy (non-hydrogen) atoms. The van der Waals surface area contributed by atoms with Gasteiger partial charge in [0.25, 0.3) is 0 Å². The first kappa shape index (κ1) is 11.3. The predicted molar refractivity (Wildman–Crippen MR) is 60.8 cm³/mol. The van der Waals surface area contributed by atoms with Crippen molar-refractivity contribution in [2.75, 3.05) is 5.75 Å². The van der Waals surface area contributed by atoms with Crippen molar-refractivity contribution < 1.29 is 14.0 Å². The smallest absolute Gasteiger partial charge is 0.161 e. The minimum Gasteiger partial charge on any atom is -0.299 e. The van der Waals surface area contributed by atoms with Crippen LogP contribution in [-0.4, -0.2) is 17.3 Å². The van der Waals surface area contributed by atoms with E-state index in [-0.39, 0.29) is 22.6 Å². The second kappa shape index (κ2) is 4.37. The van der Waals surface area contributed by atoms with Gasteiger partial charge in [0.15, 0.2) is 5.78 Å². The summed E-state index contributed by atoms with van der Waals surface area (Å²) in [5, 5.41) is -0.311. The van der Waals surface area contributed by atoms with Crippen molar-refractivity contribution in [3.05, 3.63) is 35.6 Å². The average molecular weight is 238 g/mol. The van der Waals surface area contributed by atoms with Crippen LogP contribution in [0.5, 0.6) is 0 Å². The Labute approximate surface area is 97.2 Å². The monoisotopic (exact) mass is 238 g/mol. The quantitative estimate of drug-likeness (QED) is 0.742. The molecule has 1 aliphatic rings. The van der Waals surface area contributed by atoms with E-state index in [1.54, 1.807) is 12.1 Å². The molecule has 1 aromatic carbocycles. The summed E-state index contributed by atoms with van der Waals surface area (Å²) in [5.41, 5.74) is 0.778. The van der Waals surface area contributed by atoms with E-state index in [1.165, 1.54) is 30.8 Å². The molecule has 2 nitrogen and oxygen atoms in total. The first-order valence-corrected chi connectivity index (χ1v) is 6.05. The standard InChI is InChI=1S/C12H11FO2S/c1-7(14)10-6-16-12(11(10)15)8-2-4-9(13)5-3-8/h2-5,10,12H,6H2,1H3. The van der Waals surface area contributed by atoms with Crippen LogP contribution in [-0.2, 0) is 9.59 Å². The molecule has 0 aliphatic carbocycles. The minimum absolute atomic E-state index is 0.0518. The van der Waals surface area contributed by atoms with Crippen LogP contribution in [0, 0.1) is 11.7 Å². The highest BCUT2D eigenvalue weighted by Crippen LogP contribution is 2.40. The number of rotatable bonds is 2. The zero-order valence-electron chi connectivity index (χ0n) is 8.77. The van der Waals surface area contributed by atoms with Crippen LogP contribution < -0.4 is 0 Å². The summed E-state index contributed by atoms with van der Waals surface area (Å²) in [4.78, 5) is 23.1. The molecule has 2 unspecified atom stereocenters. The SMILES string of the molecule is CC(=O)C1CSC(c2ccc(F)cc2)C1=O. The van der Waals surface area contributed by atoms with Crippen molar-refractivity contribution in [3.8, 4) is 0 Å². The van der Waals surface area contributed by atoms with Crippen LogP contribution in [0.3, 0.4) is 0 Å². The molecule has 0 aromatic heterocycles. The van der Waals surface area contributed by atoms with Gasteiger partial charge in [0.1, 0.15) is 11.6 Å². The van der Waals surface area contributed by atoms with Gasteiger partial charge < -0.3 is 0 Å². The van der Waals surface area contributed by atoms with Crippen LogP contribution in [0.25, 0.3) is 0 Å². The lowest BCUT2D eigenvalue weighted by atomic mass is 9.96. The number of carbonyl (C=O) groups is 2. The molecule has 0 amide bonds. The second-order valence-corrected chi connectivity index (χ2v) is 4.97. The number of ketones is 2. The summed E-state index contributed by atoms with van der Waals surface area (Å²) in [5.74, 6) is -0.399. The molecule has 0 bridgehead atoms. The third kappa shape index (κ3) is 2.02. The van der Waals surface area contributed by atoms with Crippen molar-refractivity contribution in [1.82, 2.24) is 0 Å². The number of hydrogen-bond donors (Lipinski definition) is 0. The van der Waals surface area contributed by atoms with Gasteiger partial charge in [-0.2, -0.15) is 0 Å². The molecule has 4 heteroatoms. The number of hydrogen-bond acceptors (Lipinski definition) is 3. The minimum atomic E-state index is -0.486. The van der Waals surface area contributed by atoms with Gasteiger partial charge in [0.05, 0.1) is 11.2 Å². The molecule has 1 fully saturated rings. The molecule has 0 radical (unpaired) electrons. The van der Waals surface area contributed by atoms with Gasteiger partial charge in [-0.3, -0.25) is 9.59 Å². The van der Waals surface area contributed by atoms with Crippen LogP contribution in [0.1, 0.15) is 17.7 Å². The predicted octanol–water partition coefficient (Wildman–Crippen LogP) is 2.39. The normalized spacial score (nSPS) is 24.8. The summed E-state index contributed by atoms with van der Waals surface area (Å²) in [6.07, 6.45) is 0. The molecule has 0 saturated carbocycles. The van der Waals surface area contributed by atoms with Crippen LogP contribution in [0.15, 0.2) is 24.3 Å². The van der Waals surface area contributed by atoms with E-state index in [0.29, 0.717) is 5.75 Å². The highest BCUT2D eigenvalue weighted by Gasteiger charge is 2.38. The van der Waals surface area contributed by atoms with Crippen LogP contribution >= 0.6 is 11.8 Å². The molecule has 0 spiro atoms. The fraction of sp³-hybridized carbons (Fsp3) is 0.333. The van der Waals surface area contributed by atoms with E-state index in [9.17, 15) is 14.0 Å². The van der Waals surface area contributed by atoms with Gasteiger partial charge >= 0.3 is 0 Å². The molecular weight excluding hydrogens is 227 g/mol. The van der Waals surface area contributed by atoms with Crippen LogP contribution in [0.2, 0.25) is 0 Å². The summed E-state index contributed by atoms with van der Waals surface area (Å²) < 4.78 is 12.7. The number of halogens is 1. The Morgan fingerprint density at radius 1 is 1.38 bits per heavy atom. The third-order valence-electron chi connectivity index (χ3n) is 2.69. The number of Topliss-reactive ketones (excluding diaryl/α,β-unsaturated/α-hetero) is 2. The Balaban J connectivity index is 2.21. The molecule has 1 aromatic rings. The Hall–Kier alpha value is -1.16. The van der Waals surface area contributed by atoms with E-state index < -0.39 is 5.92 Å². The lowest BCUT2D eigenvalue weighted by Crippen LogP contribution is -2.20. The van der Waals surface area contributed by atoms with Crippen molar-refractivity contribution in [2.45, 2.75) is 12.2 Å². The Kier molecular flexibility index (Phi) is 3.10. The molecule has 0 N–H and O–H groups in total. The van der Waals surface area contributed by atoms with E-state index >= 15 is 0 Å². The molecule has 2 rings (SSSR count). The fourth-order valence-electron chi connectivity index (χ4n) is 1.76. The van der Waals surface area contributed by atoms with Crippen molar-refractivity contribution in [1.29, 1.82) is 0 Å².